The van der Waals surface area contributed by atoms with Crippen LogP contribution in [-0.2, 0) is 10.3 Å². The molecule has 24 heavy (non-hydrogen) atoms. The first-order valence-corrected chi connectivity index (χ1v) is 8.61. The molecule has 1 aromatic carbocycles. The summed E-state index contributed by atoms with van der Waals surface area (Å²) in [6, 6.07) is 3.19. The van der Waals surface area contributed by atoms with Crippen LogP contribution >= 0.6 is 23.2 Å². The van der Waals surface area contributed by atoms with Crippen molar-refractivity contribution in [2.75, 3.05) is 5.32 Å². The summed E-state index contributed by atoms with van der Waals surface area (Å²) in [5.41, 5.74) is 6.59. The maximum atomic E-state index is 12.0. The fraction of sp³-hybridized carbons (Fsp3) is 0.438. The van der Waals surface area contributed by atoms with Gasteiger partial charge in [0.05, 0.1) is 21.8 Å². The number of aromatic nitrogens is 2. The van der Waals surface area contributed by atoms with E-state index in [1.165, 1.54) is 0 Å². The van der Waals surface area contributed by atoms with Crippen LogP contribution in [0.4, 0.5) is 5.69 Å². The van der Waals surface area contributed by atoms with Crippen LogP contribution in [0.2, 0.25) is 10.0 Å². The van der Waals surface area contributed by atoms with E-state index >= 15 is 0 Å². The van der Waals surface area contributed by atoms with Crippen molar-refractivity contribution in [3.8, 4) is 11.5 Å². The summed E-state index contributed by atoms with van der Waals surface area (Å²) >= 11 is 12.3. The van der Waals surface area contributed by atoms with E-state index in [0.717, 1.165) is 25.7 Å². The lowest BCUT2D eigenvalue weighted by molar-refractivity contribution is -0.116. The molecule has 3 rings (SSSR count). The van der Waals surface area contributed by atoms with Crippen LogP contribution in [0, 0.1) is 0 Å². The molecule has 1 aliphatic rings. The zero-order valence-electron chi connectivity index (χ0n) is 13.2. The van der Waals surface area contributed by atoms with Gasteiger partial charge >= 0.3 is 0 Å². The van der Waals surface area contributed by atoms with E-state index < -0.39 is 5.54 Å². The molecule has 0 unspecified atom stereocenters. The minimum absolute atomic E-state index is 0.142. The van der Waals surface area contributed by atoms with Crippen LogP contribution in [0.15, 0.2) is 16.7 Å². The Hall–Kier alpha value is -1.63. The molecule has 1 aromatic heterocycles. The zero-order valence-corrected chi connectivity index (χ0v) is 14.7. The Morgan fingerprint density at radius 1 is 1.42 bits per heavy atom. The largest absolute Gasteiger partial charge is 0.334 e. The van der Waals surface area contributed by atoms with Gasteiger partial charge in [-0.3, -0.25) is 4.79 Å². The van der Waals surface area contributed by atoms with Gasteiger partial charge in [0.2, 0.25) is 5.91 Å². The number of hydrogen-bond acceptors (Lipinski definition) is 5. The van der Waals surface area contributed by atoms with Gasteiger partial charge in [-0.1, -0.05) is 35.3 Å². The van der Waals surface area contributed by atoms with E-state index in [1.54, 1.807) is 12.1 Å². The molecule has 8 heteroatoms. The third-order valence-corrected chi connectivity index (χ3v) is 4.66. The highest BCUT2D eigenvalue weighted by molar-refractivity contribution is 6.37. The zero-order chi connectivity index (χ0) is 17.3. The maximum absolute atomic E-state index is 12.0. The summed E-state index contributed by atoms with van der Waals surface area (Å²) in [4.78, 5) is 16.4. The monoisotopic (exact) mass is 368 g/mol. The normalized spacial score (nSPS) is 15.8. The Morgan fingerprint density at radius 3 is 2.79 bits per heavy atom. The van der Waals surface area contributed by atoms with Gasteiger partial charge in [-0.2, -0.15) is 4.98 Å². The van der Waals surface area contributed by atoms with Crippen LogP contribution in [0.1, 0.15) is 44.9 Å². The summed E-state index contributed by atoms with van der Waals surface area (Å²) < 4.78 is 5.36. The molecule has 1 heterocycles. The first-order chi connectivity index (χ1) is 11.4. The third-order valence-electron chi connectivity index (χ3n) is 4.14. The molecule has 0 saturated heterocycles. The molecule has 0 radical (unpaired) electrons. The standard InChI is InChI=1S/C16H18Cl2N4O2/c1-2-4-12(23)20-13-10(7-9(17)8-11(13)18)14-21-15(22-24-14)16(19)5-3-6-16/h7-8H,2-6,19H2,1H3,(H,20,23). The average Bonchev–Trinajstić information content (AvgIpc) is 2.97. The molecule has 1 saturated carbocycles. The molecule has 0 bridgehead atoms. The second-order valence-corrected chi connectivity index (χ2v) is 6.88. The number of benzene rings is 1. The lowest BCUT2D eigenvalue weighted by atomic mass is 9.77. The minimum atomic E-state index is -0.532. The fourth-order valence-corrected chi connectivity index (χ4v) is 3.16. The predicted octanol–water partition coefficient (Wildman–Crippen LogP) is 4.12. The van der Waals surface area contributed by atoms with Crippen molar-refractivity contribution in [1.29, 1.82) is 0 Å². The van der Waals surface area contributed by atoms with Crippen molar-refractivity contribution in [2.45, 2.75) is 44.6 Å². The van der Waals surface area contributed by atoms with E-state index in [9.17, 15) is 4.79 Å². The maximum Gasteiger partial charge on any atom is 0.260 e. The van der Waals surface area contributed by atoms with Crippen LogP contribution in [0.25, 0.3) is 11.5 Å². The second kappa shape index (κ2) is 6.70. The summed E-state index contributed by atoms with van der Waals surface area (Å²) in [5, 5.41) is 7.51. The Balaban J connectivity index is 1.98. The molecule has 6 nitrogen and oxygen atoms in total. The molecular formula is C16H18Cl2N4O2. The lowest BCUT2D eigenvalue weighted by Crippen LogP contribution is -2.44. The highest BCUT2D eigenvalue weighted by Crippen LogP contribution is 2.40. The van der Waals surface area contributed by atoms with Gasteiger partial charge in [0, 0.05) is 11.4 Å². The molecular weight excluding hydrogens is 351 g/mol. The van der Waals surface area contributed by atoms with Crippen molar-refractivity contribution in [1.82, 2.24) is 10.1 Å². The number of anilines is 1. The number of halogens is 2. The summed E-state index contributed by atoms with van der Waals surface area (Å²) in [5.74, 6) is 0.556. The number of nitrogens with two attached hydrogens (primary N) is 1. The third kappa shape index (κ3) is 3.27. The Labute approximate surface area is 149 Å². The molecule has 0 spiro atoms. The number of hydrogen-bond donors (Lipinski definition) is 2. The van der Waals surface area contributed by atoms with Crippen molar-refractivity contribution in [2.24, 2.45) is 5.73 Å². The van der Waals surface area contributed by atoms with Crippen molar-refractivity contribution in [3.63, 3.8) is 0 Å². The highest BCUT2D eigenvalue weighted by Gasteiger charge is 2.39. The topological polar surface area (TPSA) is 94.0 Å². The van der Waals surface area contributed by atoms with E-state index in [2.05, 4.69) is 15.5 Å². The molecule has 3 N–H and O–H groups in total. The second-order valence-electron chi connectivity index (χ2n) is 6.04. The number of rotatable bonds is 5. The number of amides is 1. The van der Waals surface area contributed by atoms with Gasteiger partial charge in [0.25, 0.3) is 5.89 Å². The van der Waals surface area contributed by atoms with Gasteiger partial charge in [-0.15, -0.1) is 0 Å². The fourth-order valence-electron chi connectivity index (χ4n) is 2.61. The van der Waals surface area contributed by atoms with Crippen LogP contribution in [0.3, 0.4) is 0 Å². The van der Waals surface area contributed by atoms with E-state index in [-0.39, 0.29) is 11.8 Å². The summed E-state index contributed by atoms with van der Waals surface area (Å²) in [7, 11) is 0. The quantitative estimate of drug-likeness (QED) is 0.827. The Kier molecular flexibility index (Phi) is 4.80. The van der Waals surface area contributed by atoms with E-state index in [4.69, 9.17) is 33.5 Å². The average molecular weight is 369 g/mol. The smallest absolute Gasteiger partial charge is 0.260 e. The molecule has 0 atom stereocenters. The van der Waals surface area contributed by atoms with Crippen molar-refractivity contribution < 1.29 is 9.32 Å². The SMILES string of the molecule is CCCC(=O)Nc1c(Cl)cc(Cl)cc1-c1nc(C2(N)CCC2)no1. The van der Waals surface area contributed by atoms with Gasteiger partial charge in [0.15, 0.2) is 5.82 Å². The first kappa shape index (κ1) is 17.2. The van der Waals surface area contributed by atoms with Crippen molar-refractivity contribution in [3.05, 3.63) is 28.0 Å². The molecule has 1 fully saturated rings. The van der Waals surface area contributed by atoms with Crippen LogP contribution in [-0.4, -0.2) is 16.0 Å². The Morgan fingerprint density at radius 2 is 2.17 bits per heavy atom. The first-order valence-electron chi connectivity index (χ1n) is 7.85. The van der Waals surface area contributed by atoms with Gasteiger partial charge in [-0.05, 0) is 37.8 Å². The van der Waals surface area contributed by atoms with E-state index in [0.29, 0.717) is 33.5 Å². The highest BCUT2D eigenvalue weighted by atomic mass is 35.5. The number of nitrogens with one attached hydrogen (secondary N) is 1. The molecule has 128 valence electrons. The van der Waals surface area contributed by atoms with Gasteiger partial charge < -0.3 is 15.6 Å². The summed E-state index contributed by atoms with van der Waals surface area (Å²) in [6.07, 6.45) is 3.80. The van der Waals surface area contributed by atoms with Gasteiger partial charge in [0.1, 0.15) is 0 Å². The van der Waals surface area contributed by atoms with Crippen LogP contribution < -0.4 is 11.1 Å². The molecule has 2 aromatic rings. The molecule has 0 aliphatic heterocycles. The van der Waals surface area contributed by atoms with Gasteiger partial charge in [-0.25, -0.2) is 0 Å². The van der Waals surface area contributed by atoms with Crippen LogP contribution in [0.5, 0.6) is 0 Å². The lowest BCUT2D eigenvalue weighted by Gasteiger charge is -2.34. The predicted molar refractivity (Wildman–Crippen MR) is 93.0 cm³/mol. The number of carbonyl (C=O) groups is 1. The Bertz CT molecular complexity index is 771. The molecule has 1 aliphatic carbocycles. The number of carbonyl (C=O) groups excluding carboxylic acids is 1. The van der Waals surface area contributed by atoms with E-state index in [1.807, 2.05) is 6.92 Å². The number of nitrogens with zero attached hydrogens (tertiary/aromatic N) is 2. The van der Waals surface area contributed by atoms with Crippen molar-refractivity contribution >= 4 is 34.8 Å². The summed E-state index contributed by atoms with van der Waals surface area (Å²) in [6.45, 7) is 1.92. The molecule has 1 amide bonds. The minimum Gasteiger partial charge on any atom is -0.334 e.